The summed E-state index contributed by atoms with van der Waals surface area (Å²) in [6, 6.07) is 4.03. The first-order valence-electron chi connectivity index (χ1n) is 5.90. The lowest BCUT2D eigenvalue weighted by molar-refractivity contribution is 0.0771. The van der Waals surface area contributed by atoms with Crippen LogP contribution in [0.2, 0.25) is 0 Å². The summed E-state index contributed by atoms with van der Waals surface area (Å²) in [7, 11) is 0. The quantitative estimate of drug-likeness (QED) is 0.851. The number of aryl methyl sites for hydroxylation is 1. The number of nitrogens with zero attached hydrogens (tertiary/aromatic N) is 1. The normalized spacial score (nSPS) is 17.2. The highest BCUT2D eigenvalue weighted by molar-refractivity contribution is 7.14. The highest BCUT2D eigenvalue weighted by Gasteiger charge is 2.18. The fourth-order valence-corrected chi connectivity index (χ4v) is 2.80. The predicted octanol–water partition coefficient (Wildman–Crippen LogP) is 1.75. The van der Waals surface area contributed by atoms with E-state index in [4.69, 9.17) is 0 Å². The van der Waals surface area contributed by atoms with Gasteiger partial charge in [-0.3, -0.25) is 4.79 Å². The molecule has 1 aliphatic rings. The van der Waals surface area contributed by atoms with Gasteiger partial charge in [0.05, 0.1) is 4.88 Å². The van der Waals surface area contributed by atoms with Crippen LogP contribution in [0.5, 0.6) is 0 Å². The number of carbonyl (C=O) groups excluding carboxylic acids is 1. The van der Waals surface area contributed by atoms with Crippen molar-refractivity contribution in [3.05, 3.63) is 21.9 Å². The van der Waals surface area contributed by atoms with Crippen LogP contribution in [-0.2, 0) is 6.42 Å². The van der Waals surface area contributed by atoms with Gasteiger partial charge < -0.3 is 10.2 Å². The largest absolute Gasteiger partial charge is 0.337 e. The van der Waals surface area contributed by atoms with E-state index in [1.165, 1.54) is 4.88 Å². The fourth-order valence-electron chi connectivity index (χ4n) is 1.89. The summed E-state index contributed by atoms with van der Waals surface area (Å²) in [6.45, 7) is 5.77. The molecule has 2 rings (SSSR count). The standard InChI is InChI=1S/C12H18N2OS/c1-2-10-4-5-11(16-10)12(15)14-8-3-6-13-7-9-14/h4-5,13H,2-3,6-9H2,1H3. The highest BCUT2D eigenvalue weighted by atomic mass is 32.1. The Morgan fingerprint density at radius 1 is 1.44 bits per heavy atom. The molecule has 0 radical (unpaired) electrons. The molecule has 0 spiro atoms. The molecule has 16 heavy (non-hydrogen) atoms. The molecule has 1 aromatic rings. The summed E-state index contributed by atoms with van der Waals surface area (Å²) < 4.78 is 0. The summed E-state index contributed by atoms with van der Waals surface area (Å²) in [6.07, 6.45) is 2.07. The van der Waals surface area contributed by atoms with Gasteiger partial charge in [-0.05, 0) is 31.5 Å². The van der Waals surface area contributed by atoms with Crippen LogP contribution in [0.3, 0.4) is 0 Å². The van der Waals surface area contributed by atoms with Gasteiger partial charge in [-0.2, -0.15) is 0 Å². The average Bonchev–Trinajstić information content (AvgIpc) is 2.62. The van der Waals surface area contributed by atoms with Crippen molar-refractivity contribution < 1.29 is 4.79 Å². The van der Waals surface area contributed by atoms with E-state index in [9.17, 15) is 4.79 Å². The predicted molar refractivity (Wildman–Crippen MR) is 67.1 cm³/mol. The molecule has 88 valence electrons. The lowest BCUT2D eigenvalue weighted by Gasteiger charge is -2.18. The second-order valence-corrected chi connectivity index (χ2v) is 5.18. The van der Waals surface area contributed by atoms with Crippen LogP contribution < -0.4 is 5.32 Å². The van der Waals surface area contributed by atoms with E-state index in [0.29, 0.717) is 0 Å². The van der Waals surface area contributed by atoms with Crippen LogP contribution in [0.1, 0.15) is 27.9 Å². The summed E-state index contributed by atoms with van der Waals surface area (Å²) in [5.41, 5.74) is 0. The maximum absolute atomic E-state index is 12.2. The molecule has 0 aliphatic carbocycles. The molecule has 1 amide bonds. The van der Waals surface area contributed by atoms with Crippen molar-refractivity contribution >= 4 is 17.2 Å². The number of hydrogen-bond acceptors (Lipinski definition) is 3. The van der Waals surface area contributed by atoms with E-state index >= 15 is 0 Å². The summed E-state index contributed by atoms with van der Waals surface area (Å²) in [5, 5.41) is 3.31. The Hall–Kier alpha value is -0.870. The van der Waals surface area contributed by atoms with E-state index in [2.05, 4.69) is 18.3 Å². The average molecular weight is 238 g/mol. The fraction of sp³-hybridized carbons (Fsp3) is 0.583. The second-order valence-electron chi connectivity index (χ2n) is 4.02. The van der Waals surface area contributed by atoms with Crippen LogP contribution in [0.4, 0.5) is 0 Å². The van der Waals surface area contributed by atoms with Crippen LogP contribution in [-0.4, -0.2) is 37.0 Å². The molecular weight excluding hydrogens is 220 g/mol. The Kier molecular flexibility index (Phi) is 3.96. The molecule has 0 aromatic carbocycles. The molecule has 4 heteroatoms. The van der Waals surface area contributed by atoms with Gasteiger partial charge in [-0.1, -0.05) is 6.92 Å². The summed E-state index contributed by atoms with van der Waals surface area (Å²) in [5.74, 6) is 0.202. The molecule has 1 aromatic heterocycles. The number of carbonyl (C=O) groups is 1. The third-order valence-electron chi connectivity index (χ3n) is 2.85. The van der Waals surface area contributed by atoms with Crippen molar-refractivity contribution in [2.45, 2.75) is 19.8 Å². The molecular formula is C12H18N2OS. The molecule has 0 unspecified atom stereocenters. The minimum absolute atomic E-state index is 0.202. The molecule has 1 N–H and O–H groups in total. The van der Waals surface area contributed by atoms with Crippen molar-refractivity contribution in [3.63, 3.8) is 0 Å². The molecule has 2 heterocycles. The molecule has 1 fully saturated rings. The first kappa shape index (κ1) is 11.6. The SMILES string of the molecule is CCc1ccc(C(=O)N2CCCNCC2)s1. The van der Waals surface area contributed by atoms with Crippen molar-refractivity contribution in [1.82, 2.24) is 10.2 Å². The van der Waals surface area contributed by atoms with Gasteiger partial charge in [0.25, 0.3) is 5.91 Å². The third-order valence-corrected chi connectivity index (χ3v) is 4.07. The van der Waals surface area contributed by atoms with Gasteiger partial charge in [-0.25, -0.2) is 0 Å². The first-order valence-corrected chi connectivity index (χ1v) is 6.71. The highest BCUT2D eigenvalue weighted by Crippen LogP contribution is 2.19. The van der Waals surface area contributed by atoms with E-state index in [-0.39, 0.29) is 5.91 Å². The van der Waals surface area contributed by atoms with Crippen molar-refractivity contribution in [2.75, 3.05) is 26.2 Å². The molecule has 1 aliphatic heterocycles. The first-order chi connectivity index (χ1) is 7.81. The van der Waals surface area contributed by atoms with Gasteiger partial charge in [0, 0.05) is 24.5 Å². The molecule has 0 saturated carbocycles. The van der Waals surface area contributed by atoms with Gasteiger partial charge in [0.1, 0.15) is 0 Å². The molecule has 3 nitrogen and oxygen atoms in total. The zero-order valence-corrected chi connectivity index (χ0v) is 10.5. The Morgan fingerprint density at radius 3 is 3.06 bits per heavy atom. The Bertz CT molecular complexity index is 354. The number of hydrogen-bond donors (Lipinski definition) is 1. The third kappa shape index (κ3) is 2.62. The van der Waals surface area contributed by atoms with Gasteiger partial charge >= 0.3 is 0 Å². The molecule has 1 saturated heterocycles. The monoisotopic (exact) mass is 238 g/mol. The number of amides is 1. The van der Waals surface area contributed by atoms with E-state index in [0.717, 1.165) is 43.9 Å². The maximum atomic E-state index is 12.2. The molecule has 0 atom stereocenters. The number of thiophene rings is 1. The Balaban J connectivity index is 2.05. The van der Waals surface area contributed by atoms with Crippen LogP contribution in [0.25, 0.3) is 0 Å². The van der Waals surface area contributed by atoms with Gasteiger partial charge in [0.2, 0.25) is 0 Å². The van der Waals surface area contributed by atoms with Crippen LogP contribution in [0, 0.1) is 0 Å². The number of rotatable bonds is 2. The Morgan fingerprint density at radius 2 is 2.31 bits per heavy atom. The summed E-state index contributed by atoms with van der Waals surface area (Å²) in [4.78, 5) is 16.3. The minimum Gasteiger partial charge on any atom is -0.337 e. The second kappa shape index (κ2) is 5.46. The van der Waals surface area contributed by atoms with E-state index < -0.39 is 0 Å². The zero-order chi connectivity index (χ0) is 11.4. The zero-order valence-electron chi connectivity index (χ0n) is 9.66. The van der Waals surface area contributed by atoms with E-state index in [1.54, 1.807) is 11.3 Å². The van der Waals surface area contributed by atoms with Crippen molar-refractivity contribution in [3.8, 4) is 0 Å². The van der Waals surface area contributed by atoms with Gasteiger partial charge in [-0.15, -0.1) is 11.3 Å². The minimum atomic E-state index is 0.202. The van der Waals surface area contributed by atoms with Gasteiger partial charge in [0.15, 0.2) is 0 Å². The topological polar surface area (TPSA) is 32.3 Å². The summed E-state index contributed by atoms with van der Waals surface area (Å²) >= 11 is 1.63. The van der Waals surface area contributed by atoms with Crippen molar-refractivity contribution in [2.24, 2.45) is 0 Å². The van der Waals surface area contributed by atoms with Crippen molar-refractivity contribution in [1.29, 1.82) is 0 Å². The Labute approximate surface area is 100 Å². The van der Waals surface area contributed by atoms with Crippen LogP contribution in [0.15, 0.2) is 12.1 Å². The van der Waals surface area contributed by atoms with E-state index in [1.807, 2.05) is 11.0 Å². The smallest absolute Gasteiger partial charge is 0.263 e. The number of nitrogens with one attached hydrogen (secondary N) is 1. The molecule has 0 bridgehead atoms. The van der Waals surface area contributed by atoms with Crippen LogP contribution >= 0.6 is 11.3 Å². The lowest BCUT2D eigenvalue weighted by atomic mass is 10.3. The lowest BCUT2D eigenvalue weighted by Crippen LogP contribution is -2.33. The maximum Gasteiger partial charge on any atom is 0.263 e.